The fourth-order valence-corrected chi connectivity index (χ4v) is 3.00. The summed E-state index contributed by atoms with van der Waals surface area (Å²) in [7, 11) is 3.31. The molecule has 0 bridgehead atoms. The van der Waals surface area contributed by atoms with Crippen molar-refractivity contribution in [1.29, 1.82) is 0 Å². The number of methoxy groups -OCH3 is 1. The molecule has 0 radical (unpaired) electrons. The summed E-state index contributed by atoms with van der Waals surface area (Å²) >= 11 is 0. The van der Waals surface area contributed by atoms with Gasteiger partial charge >= 0.3 is 0 Å². The number of halogens is 1. The first kappa shape index (κ1) is 23.3. The Hall–Kier alpha value is -1.71. The smallest absolute Gasteiger partial charge is 0.221 e. The number of ether oxygens (including phenoxy) is 2. The second-order valence-electron chi connectivity index (χ2n) is 6.22. The van der Waals surface area contributed by atoms with Crippen LogP contribution in [0.25, 0.3) is 0 Å². The average molecular weight is 490 g/mol. The molecule has 1 fully saturated rings. The quantitative estimate of drug-likeness (QED) is 0.296. The molecular formula is C19H31IN4O3. The summed E-state index contributed by atoms with van der Waals surface area (Å²) in [5.74, 6) is 2.05. The third-order valence-electron chi connectivity index (χ3n) is 4.31. The number of benzene rings is 1. The Morgan fingerprint density at radius 2 is 2.00 bits per heavy atom. The third kappa shape index (κ3) is 7.82. The van der Waals surface area contributed by atoms with E-state index >= 15 is 0 Å². The van der Waals surface area contributed by atoms with Gasteiger partial charge in [-0.2, -0.15) is 0 Å². The van der Waals surface area contributed by atoms with E-state index < -0.39 is 0 Å². The van der Waals surface area contributed by atoms with E-state index in [0.29, 0.717) is 43.1 Å². The van der Waals surface area contributed by atoms with E-state index in [1.165, 1.54) is 12.8 Å². The lowest BCUT2D eigenvalue weighted by Crippen LogP contribution is -2.37. The van der Waals surface area contributed by atoms with E-state index in [1.54, 1.807) is 14.2 Å². The number of anilines is 1. The summed E-state index contributed by atoms with van der Waals surface area (Å²) in [4.78, 5) is 16.2. The molecule has 0 spiro atoms. The number of nitrogens with zero attached hydrogens (tertiary/aromatic N) is 1. The molecule has 1 amide bonds. The van der Waals surface area contributed by atoms with Crippen LogP contribution in [0.15, 0.2) is 23.2 Å². The van der Waals surface area contributed by atoms with Crippen molar-refractivity contribution in [2.75, 3.05) is 32.6 Å². The van der Waals surface area contributed by atoms with Gasteiger partial charge in [0, 0.05) is 37.8 Å². The number of rotatable bonds is 8. The van der Waals surface area contributed by atoms with E-state index in [9.17, 15) is 4.79 Å². The van der Waals surface area contributed by atoms with Crippen molar-refractivity contribution in [2.24, 2.45) is 4.99 Å². The Labute approximate surface area is 178 Å². The normalized spacial score (nSPS) is 14.3. The second-order valence-corrected chi connectivity index (χ2v) is 6.22. The topological polar surface area (TPSA) is 84.0 Å². The van der Waals surface area contributed by atoms with E-state index in [-0.39, 0.29) is 29.9 Å². The average Bonchev–Trinajstić information content (AvgIpc) is 3.14. The molecule has 1 aliphatic rings. The van der Waals surface area contributed by atoms with Crippen molar-refractivity contribution in [3.05, 3.63) is 18.2 Å². The first-order valence-electron chi connectivity index (χ1n) is 9.24. The number of hydrogen-bond acceptors (Lipinski definition) is 4. The predicted octanol–water partition coefficient (Wildman–Crippen LogP) is 3.15. The van der Waals surface area contributed by atoms with Crippen LogP contribution in [0.5, 0.6) is 11.5 Å². The van der Waals surface area contributed by atoms with Gasteiger partial charge in [0.2, 0.25) is 5.91 Å². The van der Waals surface area contributed by atoms with Crippen molar-refractivity contribution in [2.45, 2.75) is 45.1 Å². The molecule has 1 aliphatic carbocycles. The molecule has 0 aromatic heterocycles. The van der Waals surface area contributed by atoms with Crippen LogP contribution in [0.2, 0.25) is 0 Å². The molecule has 8 heteroatoms. The van der Waals surface area contributed by atoms with Crippen LogP contribution < -0.4 is 25.4 Å². The number of carbonyl (C=O) groups excluding carboxylic acids is 1. The Bertz CT molecular complexity index is 619. The highest BCUT2D eigenvalue weighted by atomic mass is 127. The Kier molecular flexibility index (Phi) is 10.9. The predicted molar refractivity (Wildman–Crippen MR) is 120 cm³/mol. The minimum absolute atomic E-state index is 0. The van der Waals surface area contributed by atoms with Crippen molar-refractivity contribution < 1.29 is 14.3 Å². The van der Waals surface area contributed by atoms with Crippen molar-refractivity contribution in [3.8, 4) is 11.5 Å². The number of aliphatic imine (C=N–C) groups is 1. The molecule has 0 unspecified atom stereocenters. The van der Waals surface area contributed by atoms with Gasteiger partial charge in [-0.15, -0.1) is 24.0 Å². The van der Waals surface area contributed by atoms with Gasteiger partial charge < -0.3 is 25.4 Å². The first-order chi connectivity index (χ1) is 12.7. The lowest BCUT2D eigenvalue weighted by molar-refractivity contribution is -0.121. The van der Waals surface area contributed by atoms with E-state index in [0.717, 1.165) is 18.5 Å². The van der Waals surface area contributed by atoms with E-state index in [2.05, 4.69) is 20.9 Å². The van der Waals surface area contributed by atoms with Crippen LogP contribution in [-0.2, 0) is 4.79 Å². The highest BCUT2D eigenvalue weighted by molar-refractivity contribution is 14.0. The number of amides is 1. The van der Waals surface area contributed by atoms with Crippen LogP contribution in [0.1, 0.15) is 39.0 Å². The summed E-state index contributed by atoms with van der Waals surface area (Å²) in [6, 6.07) is 5.95. The lowest BCUT2D eigenvalue weighted by atomic mass is 10.2. The number of carbonyl (C=O) groups is 1. The molecule has 7 nitrogen and oxygen atoms in total. The molecule has 0 heterocycles. The fourth-order valence-electron chi connectivity index (χ4n) is 3.00. The number of nitrogens with one attached hydrogen (secondary N) is 3. The highest BCUT2D eigenvalue weighted by Crippen LogP contribution is 2.30. The minimum Gasteiger partial charge on any atom is -0.493 e. The van der Waals surface area contributed by atoms with Crippen molar-refractivity contribution in [3.63, 3.8) is 0 Å². The Balaban J connectivity index is 0.00000364. The molecule has 0 aliphatic heterocycles. The van der Waals surface area contributed by atoms with Crippen LogP contribution in [-0.4, -0.2) is 45.2 Å². The number of hydrogen-bond donors (Lipinski definition) is 3. The summed E-state index contributed by atoms with van der Waals surface area (Å²) in [6.45, 7) is 3.01. The molecule has 2 rings (SSSR count). The SMILES string of the molecule is CCOc1cc(NC(=NC)NCCC(=O)NC2CCCC2)ccc1OC.I. The van der Waals surface area contributed by atoms with Crippen LogP contribution in [0, 0.1) is 0 Å². The minimum atomic E-state index is 0. The molecule has 0 saturated heterocycles. The zero-order valence-corrected chi connectivity index (χ0v) is 18.7. The Morgan fingerprint density at radius 3 is 2.63 bits per heavy atom. The largest absolute Gasteiger partial charge is 0.493 e. The summed E-state index contributed by atoms with van der Waals surface area (Å²) in [6.07, 6.45) is 5.05. The molecule has 3 N–H and O–H groups in total. The van der Waals surface area contributed by atoms with Gasteiger partial charge in [0.05, 0.1) is 13.7 Å². The zero-order valence-electron chi connectivity index (χ0n) is 16.3. The molecule has 0 atom stereocenters. The van der Waals surface area contributed by atoms with Crippen LogP contribution in [0.4, 0.5) is 5.69 Å². The van der Waals surface area contributed by atoms with Gasteiger partial charge in [-0.3, -0.25) is 9.79 Å². The summed E-state index contributed by atoms with van der Waals surface area (Å²) in [5.41, 5.74) is 0.831. The van der Waals surface area contributed by atoms with Crippen LogP contribution >= 0.6 is 24.0 Å². The first-order valence-corrected chi connectivity index (χ1v) is 9.24. The Morgan fingerprint density at radius 1 is 1.26 bits per heavy atom. The molecule has 1 aromatic rings. The maximum Gasteiger partial charge on any atom is 0.221 e. The number of guanidine groups is 1. The van der Waals surface area contributed by atoms with Crippen LogP contribution in [0.3, 0.4) is 0 Å². The van der Waals surface area contributed by atoms with Gasteiger partial charge in [0.1, 0.15) is 0 Å². The highest BCUT2D eigenvalue weighted by Gasteiger charge is 2.16. The molecular weight excluding hydrogens is 459 g/mol. The van der Waals surface area contributed by atoms with E-state index in [1.807, 2.05) is 25.1 Å². The summed E-state index contributed by atoms with van der Waals surface area (Å²) < 4.78 is 10.9. The third-order valence-corrected chi connectivity index (χ3v) is 4.31. The maximum absolute atomic E-state index is 12.0. The fraction of sp³-hybridized carbons (Fsp3) is 0.579. The molecule has 27 heavy (non-hydrogen) atoms. The maximum atomic E-state index is 12.0. The van der Waals surface area contributed by atoms with Gasteiger partial charge in [0.25, 0.3) is 0 Å². The molecule has 1 saturated carbocycles. The lowest BCUT2D eigenvalue weighted by Gasteiger charge is -2.15. The zero-order chi connectivity index (χ0) is 18.8. The summed E-state index contributed by atoms with van der Waals surface area (Å²) in [5, 5.41) is 9.44. The van der Waals surface area contributed by atoms with Crippen molar-refractivity contribution in [1.82, 2.24) is 10.6 Å². The van der Waals surface area contributed by atoms with Gasteiger partial charge in [0.15, 0.2) is 17.5 Å². The second kappa shape index (κ2) is 12.6. The molecule has 1 aromatic carbocycles. The molecule has 152 valence electrons. The van der Waals surface area contributed by atoms with Gasteiger partial charge in [-0.25, -0.2) is 0 Å². The standard InChI is InChI=1S/C19H30N4O3.HI/c1-4-26-17-13-15(9-10-16(17)25-3)23-19(20-2)21-12-11-18(24)22-14-7-5-6-8-14;/h9-10,13-14H,4-8,11-12H2,1-3H3,(H,22,24)(H2,20,21,23);1H. The monoisotopic (exact) mass is 490 g/mol. The van der Waals surface area contributed by atoms with E-state index in [4.69, 9.17) is 9.47 Å². The van der Waals surface area contributed by atoms with Crippen molar-refractivity contribution >= 4 is 41.5 Å². The van der Waals surface area contributed by atoms with Gasteiger partial charge in [-0.05, 0) is 31.9 Å². The van der Waals surface area contributed by atoms with Gasteiger partial charge in [-0.1, -0.05) is 12.8 Å².